The Morgan fingerprint density at radius 3 is 2.71 bits per heavy atom. The first-order valence-electron chi connectivity index (χ1n) is 10.2. The van der Waals surface area contributed by atoms with Gasteiger partial charge in [0.05, 0.1) is 36.2 Å². The van der Waals surface area contributed by atoms with E-state index in [1.165, 1.54) is 6.33 Å². The first-order chi connectivity index (χ1) is 14.8. The van der Waals surface area contributed by atoms with Crippen molar-refractivity contribution in [3.63, 3.8) is 0 Å². The Kier molecular flexibility index (Phi) is 5.50. The number of nitrogens with one attached hydrogen (secondary N) is 1. The summed E-state index contributed by atoms with van der Waals surface area (Å²) in [7, 11) is 1.67. The second kappa shape index (κ2) is 7.98. The number of aromatic nitrogens is 4. The molecule has 3 aromatic rings. The second-order valence-corrected chi connectivity index (χ2v) is 8.55. The number of ether oxygens (including phenoxy) is 1. The number of halogens is 1. The predicted octanol–water partition coefficient (Wildman–Crippen LogP) is 3.51. The van der Waals surface area contributed by atoms with Crippen LogP contribution in [-0.4, -0.2) is 39.4 Å². The van der Waals surface area contributed by atoms with Crippen LogP contribution >= 0.6 is 11.6 Å². The van der Waals surface area contributed by atoms with E-state index in [4.69, 9.17) is 27.2 Å². The van der Waals surface area contributed by atoms with Crippen LogP contribution in [0.15, 0.2) is 12.4 Å². The molecule has 1 fully saturated rings. The minimum atomic E-state index is -0.211. The maximum absolute atomic E-state index is 9.42. The number of rotatable bonds is 5. The van der Waals surface area contributed by atoms with Gasteiger partial charge in [-0.1, -0.05) is 11.6 Å². The van der Waals surface area contributed by atoms with Gasteiger partial charge in [0.2, 0.25) is 0 Å². The average molecular weight is 440 g/mol. The minimum Gasteiger partial charge on any atom is -0.496 e. The van der Waals surface area contributed by atoms with E-state index in [0.29, 0.717) is 16.5 Å². The van der Waals surface area contributed by atoms with Gasteiger partial charge in [-0.15, -0.1) is 0 Å². The van der Waals surface area contributed by atoms with E-state index >= 15 is 0 Å². The van der Waals surface area contributed by atoms with Crippen LogP contribution in [0.2, 0.25) is 5.02 Å². The molecule has 3 heterocycles. The third-order valence-electron chi connectivity index (χ3n) is 6.39. The number of aryl methyl sites for hydroxylation is 1. The van der Waals surface area contributed by atoms with Gasteiger partial charge in [0.1, 0.15) is 17.9 Å². The van der Waals surface area contributed by atoms with E-state index in [0.717, 1.165) is 40.1 Å². The molecule has 1 saturated heterocycles. The molecule has 4 unspecified atom stereocenters. The van der Waals surface area contributed by atoms with Gasteiger partial charge in [0.25, 0.3) is 0 Å². The Hall–Kier alpha value is -2.89. The molecule has 3 N–H and O–H groups in total. The van der Waals surface area contributed by atoms with E-state index in [2.05, 4.69) is 21.4 Å². The van der Waals surface area contributed by atoms with Gasteiger partial charge in [-0.05, 0) is 39.3 Å². The van der Waals surface area contributed by atoms with Crippen LogP contribution in [0.5, 0.6) is 5.75 Å². The number of hydrogen-bond donors (Lipinski definition) is 2. The number of methoxy groups -OCH3 is 1. The topological polar surface area (TPSA) is 115 Å². The molecule has 0 bridgehead atoms. The van der Waals surface area contributed by atoms with Crippen LogP contribution in [0.1, 0.15) is 48.2 Å². The van der Waals surface area contributed by atoms with Gasteiger partial charge in [-0.25, -0.2) is 14.6 Å². The lowest BCUT2D eigenvalue weighted by atomic mass is 9.76. The molecule has 8 nitrogen and oxygen atoms in total. The summed E-state index contributed by atoms with van der Waals surface area (Å²) in [4.78, 5) is 8.52. The van der Waals surface area contributed by atoms with Crippen LogP contribution in [0.25, 0.3) is 11.0 Å². The number of hydrogen-bond acceptors (Lipinski definition) is 7. The zero-order valence-electron chi connectivity index (χ0n) is 18.3. The molecule has 2 aromatic heterocycles. The highest BCUT2D eigenvalue weighted by Crippen LogP contribution is 2.45. The molecule has 1 aromatic carbocycles. The van der Waals surface area contributed by atoms with Crippen molar-refractivity contribution in [2.45, 2.75) is 45.7 Å². The van der Waals surface area contributed by atoms with Crippen LogP contribution in [0, 0.1) is 31.1 Å². The van der Waals surface area contributed by atoms with Crippen LogP contribution < -0.4 is 15.8 Å². The summed E-state index contributed by atoms with van der Waals surface area (Å²) in [6.07, 6.45) is 1.45. The summed E-state index contributed by atoms with van der Waals surface area (Å²) < 4.78 is 7.79. The van der Waals surface area contributed by atoms with E-state index < -0.39 is 0 Å². The summed E-state index contributed by atoms with van der Waals surface area (Å²) in [6, 6.07) is 4.13. The summed E-state index contributed by atoms with van der Waals surface area (Å²) in [6.45, 7) is 8.64. The molecule has 162 valence electrons. The lowest BCUT2D eigenvalue weighted by molar-refractivity contribution is 0.256. The molecule has 0 spiro atoms. The standard InChI is InChI=1S/C22H26ClN7O/c1-10(7-24)19-15(8-26-19)17-11(2)16(23)6-14(20(17)31-5)13(4)30-22-18(12(3)29-30)21(25)27-9-28-22/h6,9-10,13,15,19,26H,8H2,1-5H3,(H2,25,27,28). The first-order valence-corrected chi connectivity index (χ1v) is 10.6. The number of anilines is 1. The maximum Gasteiger partial charge on any atom is 0.164 e. The van der Waals surface area contributed by atoms with Gasteiger partial charge >= 0.3 is 0 Å². The Morgan fingerprint density at radius 2 is 2.10 bits per heavy atom. The quantitative estimate of drug-likeness (QED) is 0.624. The molecule has 31 heavy (non-hydrogen) atoms. The molecule has 4 atom stereocenters. The van der Waals surface area contributed by atoms with Crippen LogP contribution in [0.3, 0.4) is 0 Å². The number of nitriles is 1. The fraction of sp³-hybridized carbons (Fsp3) is 0.455. The van der Waals surface area contributed by atoms with Crippen LogP contribution in [0.4, 0.5) is 5.82 Å². The van der Waals surface area contributed by atoms with E-state index in [1.54, 1.807) is 7.11 Å². The van der Waals surface area contributed by atoms with Crippen molar-refractivity contribution < 1.29 is 4.74 Å². The molecule has 0 amide bonds. The first kappa shape index (κ1) is 21.3. The maximum atomic E-state index is 9.42. The number of nitrogens with zero attached hydrogens (tertiary/aromatic N) is 5. The second-order valence-electron chi connectivity index (χ2n) is 8.14. The lowest BCUT2D eigenvalue weighted by Crippen LogP contribution is -2.54. The highest BCUT2D eigenvalue weighted by atomic mass is 35.5. The normalized spacial score (nSPS) is 20.2. The SMILES string of the molecule is COc1c(C(C)n2nc(C)c3c(N)ncnc32)cc(Cl)c(C)c1C1CNC1C(C)C#N. The fourth-order valence-electron chi connectivity index (χ4n) is 4.58. The average Bonchev–Trinajstić information content (AvgIpc) is 3.07. The van der Waals surface area contributed by atoms with Gasteiger partial charge in [-0.3, -0.25) is 0 Å². The zero-order valence-corrected chi connectivity index (χ0v) is 19.0. The molecule has 0 saturated carbocycles. The molecular weight excluding hydrogens is 414 g/mol. The van der Waals surface area contributed by atoms with Crippen molar-refractivity contribution in [3.05, 3.63) is 39.8 Å². The largest absolute Gasteiger partial charge is 0.496 e. The van der Waals surface area contributed by atoms with Gasteiger partial charge < -0.3 is 15.8 Å². The van der Waals surface area contributed by atoms with Crippen molar-refractivity contribution in [2.75, 3.05) is 19.4 Å². The van der Waals surface area contributed by atoms with Crippen LogP contribution in [-0.2, 0) is 0 Å². The van der Waals surface area contributed by atoms with E-state index in [9.17, 15) is 5.26 Å². The number of nitrogen functional groups attached to an aromatic ring is 1. The number of nitrogens with two attached hydrogens (primary N) is 1. The van der Waals surface area contributed by atoms with E-state index in [1.807, 2.05) is 38.4 Å². The number of benzene rings is 1. The molecular formula is C22H26ClN7O. The molecule has 0 radical (unpaired) electrons. The zero-order chi connectivity index (χ0) is 22.4. The molecule has 9 heteroatoms. The minimum absolute atomic E-state index is 0.0551. The molecule has 1 aliphatic rings. The Labute approximate surface area is 186 Å². The fourth-order valence-corrected chi connectivity index (χ4v) is 4.80. The molecule has 4 rings (SSSR count). The summed E-state index contributed by atoms with van der Waals surface area (Å²) in [5.41, 5.74) is 10.4. The highest BCUT2D eigenvalue weighted by Gasteiger charge is 2.39. The van der Waals surface area contributed by atoms with Gasteiger partial charge in [-0.2, -0.15) is 10.4 Å². The summed E-state index contributed by atoms with van der Waals surface area (Å²) >= 11 is 6.70. The lowest BCUT2D eigenvalue weighted by Gasteiger charge is -2.42. The summed E-state index contributed by atoms with van der Waals surface area (Å²) in [5.74, 6) is 1.20. The Balaban J connectivity index is 1.88. The van der Waals surface area contributed by atoms with Crippen molar-refractivity contribution in [1.29, 1.82) is 5.26 Å². The van der Waals surface area contributed by atoms with Crippen molar-refractivity contribution >= 4 is 28.5 Å². The van der Waals surface area contributed by atoms with Crippen molar-refractivity contribution in [1.82, 2.24) is 25.1 Å². The predicted molar refractivity (Wildman–Crippen MR) is 120 cm³/mol. The monoisotopic (exact) mass is 439 g/mol. The third-order valence-corrected chi connectivity index (χ3v) is 6.78. The molecule has 0 aliphatic carbocycles. The van der Waals surface area contributed by atoms with Crippen molar-refractivity contribution in [2.24, 2.45) is 5.92 Å². The summed E-state index contributed by atoms with van der Waals surface area (Å²) in [5, 5.41) is 18.9. The Morgan fingerprint density at radius 1 is 1.35 bits per heavy atom. The molecule has 1 aliphatic heterocycles. The van der Waals surface area contributed by atoms with Crippen molar-refractivity contribution in [3.8, 4) is 11.8 Å². The number of fused-ring (bicyclic) bond motifs is 1. The Bertz CT molecular complexity index is 1200. The third kappa shape index (κ3) is 3.29. The van der Waals surface area contributed by atoms with Gasteiger partial charge in [0, 0.05) is 34.7 Å². The highest BCUT2D eigenvalue weighted by molar-refractivity contribution is 6.31. The van der Waals surface area contributed by atoms with E-state index in [-0.39, 0.29) is 23.9 Å². The smallest absolute Gasteiger partial charge is 0.164 e. The van der Waals surface area contributed by atoms with Gasteiger partial charge in [0.15, 0.2) is 5.65 Å².